The quantitative estimate of drug-likeness (QED) is 0.605. The van der Waals surface area contributed by atoms with E-state index in [4.69, 9.17) is 21.1 Å². The molecule has 0 saturated heterocycles. The van der Waals surface area contributed by atoms with Crippen LogP contribution in [-0.4, -0.2) is 31.5 Å². The van der Waals surface area contributed by atoms with Gasteiger partial charge in [-0.25, -0.2) is 9.59 Å². The average molecular weight is 356 g/mol. The van der Waals surface area contributed by atoms with Gasteiger partial charge in [0.05, 0.1) is 30.7 Å². The van der Waals surface area contributed by atoms with Crippen molar-refractivity contribution in [1.82, 2.24) is 5.32 Å². The fraction of sp³-hybridized carbons (Fsp3) is 0.667. The highest BCUT2D eigenvalue weighted by Gasteiger charge is 2.41. The van der Waals surface area contributed by atoms with Crippen molar-refractivity contribution >= 4 is 23.5 Å². The molecule has 0 radical (unpaired) electrons. The van der Waals surface area contributed by atoms with Crippen LogP contribution < -0.4 is 5.32 Å². The van der Waals surface area contributed by atoms with E-state index in [2.05, 4.69) is 5.32 Å². The second kappa shape index (κ2) is 8.56. The average Bonchev–Trinajstić information content (AvgIpc) is 2.60. The number of methoxy groups -OCH3 is 1. The Kier molecular flexibility index (Phi) is 6.72. The fourth-order valence-electron chi connectivity index (χ4n) is 3.82. The summed E-state index contributed by atoms with van der Waals surface area (Å²) in [6, 6.07) is 0. The molecule has 2 rings (SSSR count). The summed E-state index contributed by atoms with van der Waals surface area (Å²) in [5.41, 5.74) is 2.36. The van der Waals surface area contributed by atoms with E-state index in [1.165, 1.54) is 13.5 Å². The summed E-state index contributed by atoms with van der Waals surface area (Å²) in [6.45, 7) is 3.88. The second-order valence-electron chi connectivity index (χ2n) is 6.28. The lowest BCUT2D eigenvalue weighted by Crippen LogP contribution is -2.38. The summed E-state index contributed by atoms with van der Waals surface area (Å²) in [4.78, 5) is 25.1. The van der Waals surface area contributed by atoms with Crippen molar-refractivity contribution in [2.75, 3.05) is 19.6 Å². The molecule has 6 heteroatoms. The van der Waals surface area contributed by atoms with Gasteiger partial charge in [-0.2, -0.15) is 0 Å². The molecule has 1 atom stereocenters. The van der Waals surface area contributed by atoms with Gasteiger partial charge in [0.1, 0.15) is 0 Å². The number of rotatable bonds is 5. The largest absolute Gasteiger partial charge is 0.466 e. The van der Waals surface area contributed by atoms with Crippen molar-refractivity contribution in [1.29, 1.82) is 0 Å². The van der Waals surface area contributed by atoms with Gasteiger partial charge in [-0.1, -0.05) is 19.3 Å². The zero-order valence-electron chi connectivity index (χ0n) is 14.6. The molecule has 134 valence electrons. The van der Waals surface area contributed by atoms with E-state index in [0.29, 0.717) is 22.5 Å². The monoisotopic (exact) mass is 355 g/mol. The summed E-state index contributed by atoms with van der Waals surface area (Å²) < 4.78 is 10.3. The minimum Gasteiger partial charge on any atom is -0.466 e. The maximum Gasteiger partial charge on any atom is 0.336 e. The molecule has 0 unspecified atom stereocenters. The van der Waals surface area contributed by atoms with Gasteiger partial charge in [-0.3, -0.25) is 0 Å². The number of carbonyl (C=O) groups is 2. The van der Waals surface area contributed by atoms with E-state index in [9.17, 15) is 9.59 Å². The molecule has 24 heavy (non-hydrogen) atoms. The van der Waals surface area contributed by atoms with Crippen molar-refractivity contribution in [2.24, 2.45) is 11.8 Å². The highest BCUT2D eigenvalue weighted by Crippen LogP contribution is 2.42. The third kappa shape index (κ3) is 3.77. The Morgan fingerprint density at radius 1 is 1.17 bits per heavy atom. The van der Waals surface area contributed by atoms with Crippen LogP contribution in [0.15, 0.2) is 22.5 Å². The Balaban J connectivity index is 2.52. The number of halogens is 1. The second-order valence-corrected chi connectivity index (χ2v) is 6.54. The highest BCUT2D eigenvalue weighted by molar-refractivity contribution is 6.20. The number of allylic oxidation sites excluding steroid dienone is 2. The topological polar surface area (TPSA) is 64.6 Å². The van der Waals surface area contributed by atoms with E-state index in [1.54, 1.807) is 6.92 Å². The Morgan fingerprint density at radius 2 is 1.83 bits per heavy atom. The molecule has 1 aliphatic carbocycles. The molecule has 1 heterocycles. The van der Waals surface area contributed by atoms with Crippen LogP contribution in [-0.2, 0) is 19.1 Å². The normalized spacial score (nSPS) is 22.2. The molecule has 1 aliphatic heterocycles. The molecule has 5 nitrogen and oxygen atoms in total. The molecule has 0 aromatic carbocycles. The Bertz CT molecular complexity index is 561. The van der Waals surface area contributed by atoms with Crippen molar-refractivity contribution in [3.63, 3.8) is 0 Å². The summed E-state index contributed by atoms with van der Waals surface area (Å²) >= 11 is 6.08. The molecule has 0 aromatic heterocycles. The summed E-state index contributed by atoms with van der Waals surface area (Å²) in [6.07, 6.45) is 5.37. The zero-order valence-corrected chi connectivity index (χ0v) is 15.4. The number of esters is 2. The van der Waals surface area contributed by atoms with Crippen LogP contribution in [0.2, 0.25) is 0 Å². The third-order valence-electron chi connectivity index (χ3n) is 4.85. The van der Waals surface area contributed by atoms with Crippen molar-refractivity contribution in [3.05, 3.63) is 22.5 Å². The molecule has 0 spiro atoms. The molecule has 2 aliphatic rings. The standard InChI is InChI=1S/C18H26ClNO4/c1-4-24-18(22)16-13(10-19)20-11(2)14(17(21)23-3)15(16)12-8-6-5-7-9-12/h12,15,20H,4-10H2,1-3H3/t15-/m0/s1. The molecular weight excluding hydrogens is 330 g/mol. The smallest absolute Gasteiger partial charge is 0.336 e. The van der Waals surface area contributed by atoms with E-state index in [0.717, 1.165) is 25.7 Å². The van der Waals surface area contributed by atoms with E-state index < -0.39 is 11.9 Å². The van der Waals surface area contributed by atoms with Gasteiger partial charge >= 0.3 is 11.9 Å². The van der Waals surface area contributed by atoms with E-state index in [-0.39, 0.29) is 24.3 Å². The summed E-state index contributed by atoms with van der Waals surface area (Å²) in [5.74, 6) is -0.714. The minimum absolute atomic E-state index is 0.170. The number of dihydropyridines is 1. The molecular formula is C18H26ClNO4. The maximum atomic E-state index is 12.6. The van der Waals surface area contributed by atoms with Crippen LogP contribution in [0.1, 0.15) is 46.0 Å². The first-order valence-electron chi connectivity index (χ1n) is 8.57. The summed E-state index contributed by atoms with van der Waals surface area (Å²) in [5, 5.41) is 3.12. The van der Waals surface area contributed by atoms with Crippen molar-refractivity contribution in [2.45, 2.75) is 46.0 Å². The Hall–Kier alpha value is -1.49. The third-order valence-corrected chi connectivity index (χ3v) is 5.11. The first kappa shape index (κ1) is 18.8. The highest BCUT2D eigenvalue weighted by atomic mass is 35.5. The first-order valence-corrected chi connectivity index (χ1v) is 9.10. The zero-order chi connectivity index (χ0) is 17.7. The number of alkyl halides is 1. The lowest BCUT2D eigenvalue weighted by molar-refractivity contribution is -0.139. The summed E-state index contributed by atoms with van der Waals surface area (Å²) in [7, 11) is 1.37. The minimum atomic E-state index is -0.398. The molecule has 0 bridgehead atoms. The van der Waals surface area contributed by atoms with Crippen LogP contribution in [0.25, 0.3) is 0 Å². The van der Waals surface area contributed by atoms with Crippen LogP contribution in [0.3, 0.4) is 0 Å². The van der Waals surface area contributed by atoms with Crippen LogP contribution in [0, 0.1) is 11.8 Å². The van der Waals surface area contributed by atoms with Gasteiger partial charge in [0.15, 0.2) is 0 Å². The van der Waals surface area contributed by atoms with Crippen molar-refractivity contribution in [3.8, 4) is 0 Å². The number of hydrogen-bond acceptors (Lipinski definition) is 5. The van der Waals surface area contributed by atoms with E-state index >= 15 is 0 Å². The SMILES string of the molecule is CCOC(=O)C1=C(CCl)NC(C)=C(C(=O)OC)[C@@H]1C1CCCCC1. The van der Waals surface area contributed by atoms with E-state index in [1.807, 2.05) is 6.92 Å². The van der Waals surface area contributed by atoms with Crippen molar-refractivity contribution < 1.29 is 19.1 Å². The number of nitrogens with one attached hydrogen (secondary N) is 1. The van der Waals surface area contributed by atoms with Crippen LogP contribution in [0.5, 0.6) is 0 Å². The number of hydrogen-bond donors (Lipinski definition) is 1. The lowest BCUT2D eigenvalue weighted by Gasteiger charge is -2.37. The fourth-order valence-corrected chi connectivity index (χ4v) is 4.03. The maximum absolute atomic E-state index is 12.6. The predicted octanol–water partition coefficient (Wildman–Crippen LogP) is 3.29. The van der Waals surface area contributed by atoms with Gasteiger partial charge < -0.3 is 14.8 Å². The molecule has 1 N–H and O–H groups in total. The van der Waals surface area contributed by atoms with Gasteiger partial charge in [0.2, 0.25) is 0 Å². The van der Waals surface area contributed by atoms with Gasteiger partial charge in [-0.05, 0) is 32.6 Å². The van der Waals surface area contributed by atoms with Gasteiger partial charge in [0.25, 0.3) is 0 Å². The Labute approximate surface area is 148 Å². The molecule has 1 fully saturated rings. The van der Waals surface area contributed by atoms with Crippen LogP contribution >= 0.6 is 11.6 Å². The molecule has 0 amide bonds. The predicted molar refractivity (Wildman–Crippen MR) is 92.3 cm³/mol. The molecule has 0 aromatic rings. The van der Waals surface area contributed by atoms with Crippen LogP contribution in [0.4, 0.5) is 0 Å². The van der Waals surface area contributed by atoms with Gasteiger partial charge in [0, 0.05) is 17.3 Å². The first-order chi connectivity index (χ1) is 11.5. The molecule has 1 saturated carbocycles. The number of carbonyl (C=O) groups excluding carboxylic acids is 2. The Morgan fingerprint density at radius 3 is 2.38 bits per heavy atom. The lowest BCUT2D eigenvalue weighted by atomic mass is 9.71. The number of ether oxygens (including phenoxy) is 2. The van der Waals surface area contributed by atoms with Gasteiger partial charge in [-0.15, -0.1) is 11.6 Å².